The molecule has 9 nitrogen and oxygen atoms in total. The Morgan fingerprint density at radius 1 is 0.800 bits per heavy atom. The van der Waals surface area contributed by atoms with Gasteiger partial charge in [-0.25, -0.2) is 0 Å². The summed E-state index contributed by atoms with van der Waals surface area (Å²) in [7, 11) is 0. The van der Waals surface area contributed by atoms with E-state index in [1.165, 1.54) is 20.8 Å². The average molecular weight is 629 g/mol. The fraction of sp³-hybridized carbons (Fsp3) is 0.806. The van der Waals surface area contributed by atoms with E-state index in [9.17, 15) is 29.1 Å². The van der Waals surface area contributed by atoms with Crippen molar-refractivity contribution in [2.24, 2.45) is 50.2 Å². The van der Waals surface area contributed by atoms with Crippen molar-refractivity contribution in [1.29, 1.82) is 0 Å². The fourth-order valence-electron chi connectivity index (χ4n) is 11.5. The Bertz CT molecular complexity index is 1350. The number of hydrogen-bond acceptors (Lipinski definition) is 8. The third kappa shape index (κ3) is 4.80. The first-order valence-corrected chi connectivity index (χ1v) is 16.6. The van der Waals surface area contributed by atoms with Crippen molar-refractivity contribution in [2.75, 3.05) is 6.61 Å². The summed E-state index contributed by atoms with van der Waals surface area (Å²) in [4.78, 5) is 63.7. The van der Waals surface area contributed by atoms with Crippen molar-refractivity contribution >= 4 is 29.7 Å². The zero-order chi connectivity index (χ0) is 33.5. The quantitative estimate of drug-likeness (QED) is 0.285. The number of rotatable bonds is 5. The van der Waals surface area contributed by atoms with Gasteiger partial charge in [0.25, 0.3) is 0 Å². The van der Waals surface area contributed by atoms with Crippen LogP contribution in [-0.2, 0) is 38.2 Å². The van der Waals surface area contributed by atoms with E-state index in [0.717, 1.165) is 31.3 Å². The molecule has 5 aliphatic rings. The highest BCUT2D eigenvalue weighted by atomic mass is 16.6. The van der Waals surface area contributed by atoms with Crippen LogP contribution in [0.3, 0.4) is 0 Å². The molecule has 5 rings (SSSR count). The van der Waals surface area contributed by atoms with Gasteiger partial charge in [-0.15, -0.1) is 0 Å². The topological polar surface area (TPSA) is 133 Å². The van der Waals surface area contributed by atoms with E-state index >= 15 is 0 Å². The lowest BCUT2D eigenvalue weighted by Gasteiger charge is -2.70. The minimum atomic E-state index is -1.10. The van der Waals surface area contributed by atoms with Crippen LogP contribution in [0.5, 0.6) is 0 Å². The van der Waals surface area contributed by atoms with Crippen LogP contribution >= 0.6 is 0 Å². The second kappa shape index (κ2) is 10.7. The molecule has 4 saturated carbocycles. The van der Waals surface area contributed by atoms with E-state index in [1.807, 2.05) is 13.0 Å². The SMILES string of the molecule is CC(=O)OC[C@@]1(C)C(OC(C)=O)CC[C@@]2(C)[C@H]1CC[C@]1(C)[C@@H]2C(=O)C=C2[C@@H]3C[C@@](C)(C(=O)O)CC(OC(C)=O)[C@]3(C)CC[C@]21C. The van der Waals surface area contributed by atoms with E-state index in [-0.39, 0.29) is 47.9 Å². The number of carbonyl (C=O) groups is 5. The zero-order valence-electron chi connectivity index (χ0n) is 28.5. The van der Waals surface area contributed by atoms with Gasteiger partial charge in [0.2, 0.25) is 0 Å². The molecular formula is C36H52O9. The number of carboxylic acids is 1. The van der Waals surface area contributed by atoms with Crippen LogP contribution in [0, 0.1) is 50.2 Å². The molecule has 0 aromatic carbocycles. The minimum Gasteiger partial charge on any atom is -0.481 e. The number of ketones is 1. The van der Waals surface area contributed by atoms with Crippen molar-refractivity contribution in [3.8, 4) is 0 Å². The number of carbonyl (C=O) groups excluding carboxylic acids is 4. The summed E-state index contributed by atoms with van der Waals surface area (Å²) < 4.78 is 17.4. The molecule has 0 bridgehead atoms. The van der Waals surface area contributed by atoms with Crippen molar-refractivity contribution in [3.05, 3.63) is 11.6 Å². The number of carboxylic acid groups (broad SMARTS) is 1. The summed E-state index contributed by atoms with van der Waals surface area (Å²) in [6.07, 6.45) is 5.85. The van der Waals surface area contributed by atoms with Gasteiger partial charge in [-0.2, -0.15) is 0 Å². The van der Waals surface area contributed by atoms with Crippen molar-refractivity contribution < 1.29 is 43.3 Å². The Balaban J connectivity index is 1.61. The van der Waals surface area contributed by atoms with Crippen LogP contribution in [0.15, 0.2) is 11.6 Å². The summed E-state index contributed by atoms with van der Waals surface area (Å²) in [6.45, 7) is 16.9. The Morgan fingerprint density at radius 2 is 1.42 bits per heavy atom. The summed E-state index contributed by atoms with van der Waals surface area (Å²) in [5.41, 5.74) is -2.45. The molecule has 0 radical (unpaired) electrons. The smallest absolute Gasteiger partial charge is 0.309 e. The van der Waals surface area contributed by atoms with Crippen LogP contribution in [0.1, 0.15) is 114 Å². The lowest BCUT2D eigenvalue weighted by molar-refractivity contribution is -0.226. The third-order valence-electron chi connectivity index (χ3n) is 14.1. The van der Waals surface area contributed by atoms with Gasteiger partial charge in [-0.05, 0) is 86.0 Å². The normalized spacial score (nSPS) is 47.1. The maximum absolute atomic E-state index is 14.7. The van der Waals surface area contributed by atoms with Crippen molar-refractivity contribution in [3.63, 3.8) is 0 Å². The standard InChI is InChI=1S/C36H52O9/c1-20(37)43-19-34(7)26-10-13-36(9)29(33(26,6)12-11-27(34)44-21(2)38)25(40)16-23-24-17-31(4,30(41)42)18-28(45-22(3)39)32(24,5)14-15-35(23,36)8/h16,24,26-29H,10-15,17-19H2,1-9H3,(H,41,42)/t24-,26+,27?,28?,29+,31+,32+,33-,34+,35+,36+/m0/s1. The van der Waals surface area contributed by atoms with Crippen molar-refractivity contribution in [1.82, 2.24) is 0 Å². The Kier molecular flexibility index (Phi) is 7.97. The van der Waals surface area contributed by atoms with E-state index < -0.39 is 57.2 Å². The van der Waals surface area contributed by atoms with Crippen LogP contribution in [0.2, 0.25) is 0 Å². The Hall–Kier alpha value is -2.71. The third-order valence-corrected chi connectivity index (χ3v) is 14.1. The monoisotopic (exact) mass is 628 g/mol. The second-order valence-electron chi connectivity index (χ2n) is 16.6. The van der Waals surface area contributed by atoms with Crippen molar-refractivity contribution in [2.45, 2.75) is 126 Å². The number of fused-ring (bicyclic) bond motifs is 7. The first kappa shape index (κ1) is 33.6. The van der Waals surface area contributed by atoms with Crippen LogP contribution in [0.4, 0.5) is 0 Å². The van der Waals surface area contributed by atoms with Crippen LogP contribution in [-0.4, -0.2) is 53.6 Å². The molecule has 0 amide bonds. The van der Waals surface area contributed by atoms with E-state index in [0.29, 0.717) is 19.3 Å². The molecule has 0 heterocycles. The predicted octanol–water partition coefficient (Wildman–Crippen LogP) is 6.07. The predicted molar refractivity (Wildman–Crippen MR) is 165 cm³/mol. The summed E-state index contributed by atoms with van der Waals surface area (Å²) in [5.74, 6) is -2.60. The maximum Gasteiger partial charge on any atom is 0.309 e. The number of hydrogen-bond donors (Lipinski definition) is 1. The van der Waals surface area contributed by atoms with Crippen LogP contribution in [0.25, 0.3) is 0 Å². The first-order valence-electron chi connectivity index (χ1n) is 16.6. The molecule has 0 aliphatic heterocycles. The molecule has 0 aromatic heterocycles. The number of allylic oxidation sites excluding steroid dienone is 2. The maximum atomic E-state index is 14.7. The molecule has 11 atom stereocenters. The summed E-state index contributed by atoms with van der Waals surface area (Å²) in [6, 6.07) is 0. The molecule has 0 spiro atoms. The molecule has 45 heavy (non-hydrogen) atoms. The van der Waals surface area contributed by atoms with Gasteiger partial charge in [0.1, 0.15) is 18.8 Å². The molecule has 9 heteroatoms. The molecule has 2 unspecified atom stereocenters. The van der Waals surface area contributed by atoms with Gasteiger partial charge in [0.15, 0.2) is 5.78 Å². The molecule has 5 aliphatic carbocycles. The van der Waals surface area contributed by atoms with Gasteiger partial charge < -0.3 is 19.3 Å². The number of ether oxygens (including phenoxy) is 3. The molecule has 250 valence electrons. The minimum absolute atomic E-state index is 0.0322. The number of aliphatic carboxylic acids is 1. The van der Waals surface area contributed by atoms with Crippen LogP contribution < -0.4 is 0 Å². The Labute approximate surface area is 267 Å². The lowest BCUT2D eigenvalue weighted by atomic mass is 9.33. The zero-order valence-corrected chi connectivity index (χ0v) is 28.5. The van der Waals surface area contributed by atoms with E-state index in [4.69, 9.17) is 14.2 Å². The van der Waals surface area contributed by atoms with Gasteiger partial charge >= 0.3 is 23.9 Å². The first-order chi connectivity index (χ1) is 20.7. The van der Waals surface area contributed by atoms with Gasteiger partial charge in [0.05, 0.1) is 5.41 Å². The molecule has 1 N–H and O–H groups in total. The molecule has 0 aromatic rings. The lowest BCUT2D eigenvalue weighted by Crippen LogP contribution is -2.68. The van der Waals surface area contributed by atoms with E-state index in [2.05, 4.69) is 27.7 Å². The number of esters is 3. The highest BCUT2D eigenvalue weighted by Gasteiger charge is 2.72. The second-order valence-corrected chi connectivity index (χ2v) is 16.6. The van der Waals surface area contributed by atoms with Gasteiger partial charge in [0, 0.05) is 43.9 Å². The fourth-order valence-corrected chi connectivity index (χ4v) is 11.5. The summed E-state index contributed by atoms with van der Waals surface area (Å²) >= 11 is 0. The van der Waals surface area contributed by atoms with Gasteiger partial charge in [-0.3, -0.25) is 24.0 Å². The molecule has 4 fully saturated rings. The van der Waals surface area contributed by atoms with Gasteiger partial charge in [-0.1, -0.05) is 40.2 Å². The molecule has 0 saturated heterocycles. The highest BCUT2D eigenvalue weighted by Crippen LogP contribution is 2.75. The van der Waals surface area contributed by atoms with E-state index in [1.54, 1.807) is 6.92 Å². The Morgan fingerprint density at radius 3 is 2.00 bits per heavy atom. The average Bonchev–Trinajstić information content (AvgIpc) is 2.91. The summed E-state index contributed by atoms with van der Waals surface area (Å²) in [5, 5.41) is 10.4. The largest absolute Gasteiger partial charge is 0.481 e. The highest BCUT2D eigenvalue weighted by molar-refractivity contribution is 5.95. The molecular weight excluding hydrogens is 576 g/mol.